The molecule has 2 aromatic rings. The number of benzene rings is 2. The zero-order chi connectivity index (χ0) is 17.9. The summed E-state index contributed by atoms with van der Waals surface area (Å²) in [5.74, 6) is -0.268. The molecular formula is C18H22N2O3S. The van der Waals surface area contributed by atoms with E-state index < -0.39 is 10.0 Å². The molecule has 2 aromatic carbocycles. The van der Waals surface area contributed by atoms with Crippen LogP contribution in [0.2, 0.25) is 0 Å². The Morgan fingerprint density at radius 1 is 1.12 bits per heavy atom. The second kappa shape index (κ2) is 7.05. The summed E-state index contributed by atoms with van der Waals surface area (Å²) in [5, 5.41) is 2.88. The Bertz CT molecular complexity index is 860. The van der Waals surface area contributed by atoms with Crippen molar-refractivity contribution in [1.29, 1.82) is 0 Å². The standard InChI is InChI=1S/C18H22N2O3S/c1-5-24(22,23)20(4)16-10-7-9-15(12-16)18(21)19-17-11-6-8-13(2)14(17)3/h6-12H,5H2,1-4H3,(H,19,21). The van der Waals surface area contributed by atoms with Gasteiger partial charge in [0.15, 0.2) is 0 Å². The minimum Gasteiger partial charge on any atom is -0.322 e. The maximum atomic E-state index is 12.5. The molecule has 0 saturated carbocycles. The smallest absolute Gasteiger partial charge is 0.255 e. The first-order valence-electron chi connectivity index (χ1n) is 7.70. The predicted octanol–water partition coefficient (Wildman–Crippen LogP) is 3.34. The van der Waals surface area contributed by atoms with Gasteiger partial charge in [-0.15, -0.1) is 0 Å². The minimum atomic E-state index is -3.36. The number of nitrogens with one attached hydrogen (secondary N) is 1. The lowest BCUT2D eigenvalue weighted by molar-refractivity contribution is 0.102. The molecular weight excluding hydrogens is 324 g/mol. The van der Waals surface area contributed by atoms with E-state index in [-0.39, 0.29) is 11.7 Å². The van der Waals surface area contributed by atoms with Gasteiger partial charge in [0.05, 0.1) is 11.4 Å². The van der Waals surface area contributed by atoms with Gasteiger partial charge in [0.1, 0.15) is 0 Å². The molecule has 0 radical (unpaired) electrons. The van der Waals surface area contributed by atoms with Gasteiger partial charge in [-0.25, -0.2) is 8.42 Å². The maximum absolute atomic E-state index is 12.5. The summed E-state index contributed by atoms with van der Waals surface area (Å²) < 4.78 is 25.2. The van der Waals surface area contributed by atoms with Gasteiger partial charge in [0.2, 0.25) is 10.0 Å². The van der Waals surface area contributed by atoms with Crippen molar-refractivity contribution in [1.82, 2.24) is 0 Å². The van der Waals surface area contributed by atoms with Crippen LogP contribution in [0.4, 0.5) is 11.4 Å². The molecule has 5 nitrogen and oxygen atoms in total. The van der Waals surface area contributed by atoms with Gasteiger partial charge in [-0.1, -0.05) is 18.2 Å². The fourth-order valence-electron chi connectivity index (χ4n) is 2.28. The van der Waals surface area contributed by atoms with Gasteiger partial charge in [0, 0.05) is 18.3 Å². The number of rotatable bonds is 5. The fraction of sp³-hybridized carbons (Fsp3) is 0.278. The number of hydrogen-bond donors (Lipinski definition) is 1. The van der Waals surface area contributed by atoms with E-state index in [1.54, 1.807) is 31.2 Å². The molecule has 0 bridgehead atoms. The van der Waals surface area contributed by atoms with Crippen molar-refractivity contribution in [2.45, 2.75) is 20.8 Å². The van der Waals surface area contributed by atoms with E-state index in [0.29, 0.717) is 11.3 Å². The summed E-state index contributed by atoms with van der Waals surface area (Å²) in [4.78, 5) is 12.5. The third kappa shape index (κ3) is 3.76. The van der Waals surface area contributed by atoms with Crippen molar-refractivity contribution >= 4 is 27.3 Å². The van der Waals surface area contributed by atoms with E-state index in [1.165, 1.54) is 11.4 Å². The summed E-state index contributed by atoms with van der Waals surface area (Å²) in [5.41, 5.74) is 3.72. The van der Waals surface area contributed by atoms with Crippen molar-refractivity contribution in [3.8, 4) is 0 Å². The zero-order valence-electron chi connectivity index (χ0n) is 14.3. The van der Waals surface area contributed by atoms with Crippen molar-refractivity contribution < 1.29 is 13.2 Å². The van der Waals surface area contributed by atoms with Gasteiger partial charge >= 0.3 is 0 Å². The van der Waals surface area contributed by atoms with Crippen molar-refractivity contribution in [3.05, 3.63) is 59.2 Å². The largest absolute Gasteiger partial charge is 0.322 e. The highest BCUT2D eigenvalue weighted by molar-refractivity contribution is 7.92. The minimum absolute atomic E-state index is 0.00239. The average Bonchev–Trinajstić information content (AvgIpc) is 2.58. The van der Waals surface area contributed by atoms with Crippen LogP contribution in [0.1, 0.15) is 28.4 Å². The number of anilines is 2. The number of nitrogens with zero attached hydrogens (tertiary/aromatic N) is 1. The SMILES string of the molecule is CCS(=O)(=O)N(C)c1cccc(C(=O)Nc2cccc(C)c2C)c1. The number of aryl methyl sites for hydroxylation is 1. The van der Waals surface area contributed by atoms with Crippen LogP contribution in [0, 0.1) is 13.8 Å². The quantitative estimate of drug-likeness (QED) is 0.903. The van der Waals surface area contributed by atoms with E-state index >= 15 is 0 Å². The summed E-state index contributed by atoms with van der Waals surface area (Å²) in [7, 11) is -1.88. The van der Waals surface area contributed by atoms with Crippen LogP contribution in [0.3, 0.4) is 0 Å². The lowest BCUT2D eigenvalue weighted by Gasteiger charge is -2.19. The fourth-order valence-corrected chi connectivity index (χ4v) is 3.10. The van der Waals surface area contributed by atoms with Gasteiger partial charge in [-0.3, -0.25) is 9.10 Å². The molecule has 0 aliphatic heterocycles. The highest BCUT2D eigenvalue weighted by atomic mass is 32.2. The molecule has 0 saturated heterocycles. The number of hydrogen-bond acceptors (Lipinski definition) is 3. The molecule has 1 amide bonds. The first kappa shape index (κ1) is 18.0. The number of carbonyl (C=O) groups excluding carboxylic acids is 1. The van der Waals surface area contributed by atoms with Gasteiger partial charge in [0.25, 0.3) is 5.91 Å². The van der Waals surface area contributed by atoms with Crippen LogP contribution in [-0.4, -0.2) is 27.1 Å². The van der Waals surface area contributed by atoms with Gasteiger partial charge in [-0.2, -0.15) is 0 Å². The zero-order valence-corrected chi connectivity index (χ0v) is 15.1. The molecule has 0 spiro atoms. The van der Waals surface area contributed by atoms with Gasteiger partial charge < -0.3 is 5.32 Å². The molecule has 0 aliphatic rings. The van der Waals surface area contributed by atoms with Crippen LogP contribution in [0.15, 0.2) is 42.5 Å². The Hall–Kier alpha value is -2.34. The first-order chi connectivity index (χ1) is 11.3. The van der Waals surface area contributed by atoms with E-state index in [4.69, 9.17) is 0 Å². The summed E-state index contributed by atoms with van der Waals surface area (Å²) in [6.45, 7) is 5.52. The van der Waals surface area contributed by atoms with Crippen molar-refractivity contribution in [2.24, 2.45) is 0 Å². The van der Waals surface area contributed by atoms with Crippen LogP contribution < -0.4 is 9.62 Å². The molecule has 6 heteroatoms. The molecule has 0 aliphatic carbocycles. The number of carbonyl (C=O) groups is 1. The Balaban J connectivity index is 2.28. The van der Waals surface area contributed by atoms with Crippen LogP contribution in [0.5, 0.6) is 0 Å². The number of amides is 1. The average molecular weight is 346 g/mol. The Kier molecular flexibility index (Phi) is 5.29. The second-order valence-corrected chi connectivity index (χ2v) is 7.91. The summed E-state index contributed by atoms with van der Waals surface area (Å²) in [6.07, 6.45) is 0. The second-order valence-electron chi connectivity index (χ2n) is 5.62. The highest BCUT2D eigenvalue weighted by Gasteiger charge is 2.17. The topological polar surface area (TPSA) is 66.5 Å². The molecule has 0 fully saturated rings. The molecule has 0 aromatic heterocycles. The number of sulfonamides is 1. The Morgan fingerprint density at radius 3 is 2.46 bits per heavy atom. The highest BCUT2D eigenvalue weighted by Crippen LogP contribution is 2.21. The molecule has 1 N–H and O–H groups in total. The lowest BCUT2D eigenvalue weighted by Crippen LogP contribution is -2.28. The van der Waals surface area contributed by atoms with E-state index in [9.17, 15) is 13.2 Å². The third-order valence-electron chi connectivity index (χ3n) is 4.11. The Labute approximate surface area is 143 Å². The molecule has 0 unspecified atom stereocenters. The maximum Gasteiger partial charge on any atom is 0.255 e. The van der Waals surface area contributed by atoms with Crippen molar-refractivity contribution in [2.75, 3.05) is 22.4 Å². The van der Waals surface area contributed by atoms with E-state index in [0.717, 1.165) is 16.8 Å². The Morgan fingerprint density at radius 2 is 1.79 bits per heavy atom. The van der Waals surface area contributed by atoms with E-state index in [1.807, 2.05) is 32.0 Å². The summed E-state index contributed by atoms with van der Waals surface area (Å²) >= 11 is 0. The molecule has 24 heavy (non-hydrogen) atoms. The van der Waals surface area contributed by atoms with Crippen LogP contribution in [0.25, 0.3) is 0 Å². The van der Waals surface area contributed by atoms with Gasteiger partial charge in [-0.05, 0) is 56.2 Å². The molecule has 0 atom stereocenters. The molecule has 0 heterocycles. The molecule has 128 valence electrons. The van der Waals surface area contributed by atoms with Crippen LogP contribution >= 0.6 is 0 Å². The van der Waals surface area contributed by atoms with Crippen molar-refractivity contribution in [3.63, 3.8) is 0 Å². The molecule has 2 rings (SSSR count). The van der Waals surface area contributed by atoms with Crippen LogP contribution in [-0.2, 0) is 10.0 Å². The third-order valence-corrected chi connectivity index (χ3v) is 5.88. The predicted molar refractivity (Wildman–Crippen MR) is 98.2 cm³/mol. The summed E-state index contributed by atoms with van der Waals surface area (Å²) in [6, 6.07) is 12.3. The monoisotopic (exact) mass is 346 g/mol. The normalized spacial score (nSPS) is 11.2. The van der Waals surface area contributed by atoms with E-state index in [2.05, 4.69) is 5.32 Å². The first-order valence-corrected chi connectivity index (χ1v) is 9.31. The lowest BCUT2D eigenvalue weighted by atomic mass is 10.1.